The van der Waals surface area contributed by atoms with Crippen molar-refractivity contribution in [2.75, 3.05) is 13.1 Å². The molecule has 1 saturated heterocycles. The van der Waals surface area contributed by atoms with E-state index in [1.165, 1.54) is 12.1 Å². The highest BCUT2D eigenvalue weighted by Gasteiger charge is 2.35. The molecule has 2 N–H and O–H groups in total. The van der Waals surface area contributed by atoms with Crippen LogP contribution in [0.2, 0.25) is 5.02 Å². The molecule has 1 aromatic rings. The van der Waals surface area contributed by atoms with E-state index in [0.29, 0.717) is 30.5 Å². The molecule has 2 atom stereocenters. The molecule has 3 nitrogen and oxygen atoms in total. The molecule has 0 unspecified atom stereocenters. The minimum atomic E-state index is -0.445. The third-order valence-electron chi connectivity index (χ3n) is 3.72. The van der Waals surface area contributed by atoms with Crippen molar-refractivity contribution in [1.29, 1.82) is 0 Å². The van der Waals surface area contributed by atoms with Crippen LogP contribution in [0.3, 0.4) is 0 Å². The van der Waals surface area contributed by atoms with Crippen LogP contribution in [0.4, 0.5) is 4.39 Å². The van der Waals surface area contributed by atoms with E-state index in [4.69, 9.17) is 17.3 Å². The van der Waals surface area contributed by atoms with E-state index in [-0.39, 0.29) is 17.0 Å². The van der Waals surface area contributed by atoms with Crippen molar-refractivity contribution in [2.24, 2.45) is 17.6 Å². The Morgan fingerprint density at radius 3 is 2.68 bits per heavy atom. The van der Waals surface area contributed by atoms with Gasteiger partial charge in [-0.2, -0.15) is 0 Å². The SMILES string of the molecule is CC(C)[C@H]1CN(C(=O)c2ccc(F)cc2Cl)C[C@@H]1N. The topological polar surface area (TPSA) is 46.3 Å². The van der Waals surface area contributed by atoms with E-state index in [2.05, 4.69) is 13.8 Å². The van der Waals surface area contributed by atoms with E-state index in [1.54, 1.807) is 4.90 Å². The van der Waals surface area contributed by atoms with Crippen molar-refractivity contribution < 1.29 is 9.18 Å². The number of carbonyl (C=O) groups is 1. The summed E-state index contributed by atoms with van der Waals surface area (Å²) in [7, 11) is 0. The van der Waals surface area contributed by atoms with Crippen molar-refractivity contribution in [3.8, 4) is 0 Å². The predicted octanol–water partition coefficient (Wildman–Crippen LogP) is 2.53. The quantitative estimate of drug-likeness (QED) is 0.907. The summed E-state index contributed by atoms with van der Waals surface area (Å²) in [6.07, 6.45) is 0. The smallest absolute Gasteiger partial charge is 0.255 e. The second kappa shape index (κ2) is 5.47. The molecule has 1 fully saturated rings. The first-order valence-electron chi connectivity index (χ1n) is 6.40. The van der Waals surface area contributed by atoms with Crippen LogP contribution < -0.4 is 5.73 Å². The lowest BCUT2D eigenvalue weighted by atomic mass is 9.92. The average Bonchev–Trinajstić information content (AvgIpc) is 2.70. The van der Waals surface area contributed by atoms with Crippen molar-refractivity contribution >= 4 is 17.5 Å². The Morgan fingerprint density at radius 2 is 2.16 bits per heavy atom. The molecule has 19 heavy (non-hydrogen) atoms. The van der Waals surface area contributed by atoms with Gasteiger partial charge in [0.25, 0.3) is 5.91 Å². The highest BCUT2D eigenvalue weighted by atomic mass is 35.5. The normalized spacial score (nSPS) is 23.2. The van der Waals surface area contributed by atoms with Crippen molar-refractivity contribution in [3.63, 3.8) is 0 Å². The summed E-state index contributed by atoms with van der Waals surface area (Å²) in [5.41, 5.74) is 6.39. The number of benzene rings is 1. The summed E-state index contributed by atoms with van der Waals surface area (Å²) >= 11 is 5.92. The van der Waals surface area contributed by atoms with E-state index in [0.717, 1.165) is 6.07 Å². The summed E-state index contributed by atoms with van der Waals surface area (Å²) < 4.78 is 13.0. The third kappa shape index (κ3) is 2.90. The molecule has 104 valence electrons. The Bertz CT molecular complexity index is 492. The fraction of sp³-hybridized carbons (Fsp3) is 0.500. The minimum Gasteiger partial charge on any atom is -0.337 e. The van der Waals surface area contributed by atoms with Gasteiger partial charge in [0.1, 0.15) is 5.82 Å². The number of nitrogens with zero attached hydrogens (tertiary/aromatic N) is 1. The number of hydrogen-bond donors (Lipinski definition) is 1. The van der Waals surface area contributed by atoms with E-state index in [9.17, 15) is 9.18 Å². The van der Waals surface area contributed by atoms with E-state index in [1.807, 2.05) is 0 Å². The van der Waals surface area contributed by atoms with Gasteiger partial charge in [0.15, 0.2) is 0 Å². The molecule has 2 rings (SSSR count). The zero-order chi connectivity index (χ0) is 14.2. The number of nitrogens with two attached hydrogens (primary N) is 1. The van der Waals surface area contributed by atoms with Gasteiger partial charge in [-0.15, -0.1) is 0 Å². The first-order chi connectivity index (χ1) is 8.90. The molecule has 0 aromatic heterocycles. The summed E-state index contributed by atoms with van der Waals surface area (Å²) in [5.74, 6) is 0.1000. The number of amides is 1. The van der Waals surface area contributed by atoms with Crippen LogP contribution in [-0.2, 0) is 0 Å². The molecule has 0 bridgehead atoms. The van der Waals surface area contributed by atoms with Gasteiger partial charge in [0.2, 0.25) is 0 Å². The maximum Gasteiger partial charge on any atom is 0.255 e. The van der Waals surface area contributed by atoms with Gasteiger partial charge in [-0.25, -0.2) is 4.39 Å². The van der Waals surface area contributed by atoms with Gasteiger partial charge in [-0.1, -0.05) is 25.4 Å². The number of carbonyl (C=O) groups excluding carboxylic acids is 1. The van der Waals surface area contributed by atoms with Crippen LogP contribution >= 0.6 is 11.6 Å². The molecule has 0 radical (unpaired) electrons. The monoisotopic (exact) mass is 284 g/mol. The van der Waals surface area contributed by atoms with Crippen LogP contribution in [0.5, 0.6) is 0 Å². The molecular formula is C14H18ClFN2O. The lowest BCUT2D eigenvalue weighted by Crippen LogP contribution is -2.33. The second-order valence-electron chi connectivity index (χ2n) is 5.41. The average molecular weight is 285 g/mol. The van der Waals surface area contributed by atoms with Gasteiger partial charge < -0.3 is 10.6 Å². The van der Waals surface area contributed by atoms with Crippen molar-refractivity contribution in [2.45, 2.75) is 19.9 Å². The summed E-state index contributed by atoms with van der Waals surface area (Å²) in [6, 6.07) is 3.82. The summed E-state index contributed by atoms with van der Waals surface area (Å²) in [4.78, 5) is 14.1. The molecule has 0 aliphatic carbocycles. The highest BCUT2D eigenvalue weighted by molar-refractivity contribution is 6.33. The van der Waals surface area contributed by atoms with Crippen molar-refractivity contribution in [3.05, 3.63) is 34.6 Å². The lowest BCUT2D eigenvalue weighted by molar-refractivity contribution is 0.0783. The Hall–Kier alpha value is -1.13. The Kier molecular flexibility index (Phi) is 4.11. The Balaban J connectivity index is 2.17. The first kappa shape index (κ1) is 14.3. The number of likely N-dealkylation sites (tertiary alicyclic amines) is 1. The molecule has 1 heterocycles. The molecule has 0 spiro atoms. The molecular weight excluding hydrogens is 267 g/mol. The van der Waals surface area contributed by atoms with Crippen LogP contribution in [0, 0.1) is 17.7 Å². The van der Waals surface area contributed by atoms with Crippen LogP contribution in [-0.4, -0.2) is 29.9 Å². The Morgan fingerprint density at radius 1 is 1.47 bits per heavy atom. The van der Waals surface area contributed by atoms with E-state index < -0.39 is 5.82 Å². The van der Waals surface area contributed by atoms with Crippen LogP contribution in [0.25, 0.3) is 0 Å². The molecule has 1 aliphatic heterocycles. The summed E-state index contributed by atoms with van der Waals surface area (Å²) in [5, 5.41) is 0.145. The second-order valence-corrected chi connectivity index (χ2v) is 5.81. The highest BCUT2D eigenvalue weighted by Crippen LogP contribution is 2.26. The number of rotatable bonds is 2. The van der Waals surface area contributed by atoms with E-state index >= 15 is 0 Å². The minimum absolute atomic E-state index is 0.0110. The molecule has 0 saturated carbocycles. The maximum atomic E-state index is 13.0. The zero-order valence-corrected chi connectivity index (χ0v) is 11.8. The largest absolute Gasteiger partial charge is 0.337 e. The third-order valence-corrected chi connectivity index (χ3v) is 4.03. The van der Waals surface area contributed by atoms with Gasteiger partial charge in [-0.05, 0) is 30.0 Å². The standard InChI is InChI=1S/C14H18ClFN2O/c1-8(2)11-6-18(7-13(11)17)14(19)10-4-3-9(16)5-12(10)15/h3-5,8,11,13H,6-7,17H2,1-2H3/t11-,13+/m1/s1. The summed E-state index contributed by atoms with van der Waals surface area (Å²) in [6.45, 7) is 5.35. The lowest BCUT2D eigenvalue weighted by Gasteiger charge is -2.19. The molecule has 1 aromatic carbocycles. The Labute approximate surface area is 117 Å². The van der Waals surface area contributed by atoms with Gasteiger partial charge in [0, 0.05) is 19.1 Å². The number of hydrogen-bond acceptors (Lipinski definition) is 2. The van der Waals surface area contributed by atoms with Gasteiger partial charge in [-0.3, -0.25) is 4.79 Å². The molecule has 5 heteroatoms. The van der Waals surface area contributed by atoms with Crippen LogP contribution in [0.1, 0.15) is 24.2 Å². The van der Waals surface area contributed by atoms with Gasteiger partial charge >= 0.3 is 0 Å². The molecule has 1 amide bonds. The van der Waals surface area contributed by atoms with Crippen molar-refractivity contribution in [1.82, 2.24) is 4.90 Å². The first-order valence-corrected chi connectivity index (χ1v) is 6.78. The van der Waals surface area contributed by atoms with Gasteiger partial charge in [0.05, 0.1) is 10.6 Å². The maximum absolute atomic E-state index is 13.0. The zero-order valence-electron chi connectivity index (χ0n) is 11.1. The fourth-order valence-electron chi connectivity index (χ4n) is 2.56. The van der Waals surface area contributed by atoms with Crippen LogP contribution in [0.15, 0.2) is 18.2 Å². The predicted molar refractivity (Wildman–Crippen MR) is 73.6 cm³/mol. The number of halogens is 2. The molecule has 1 aliphatic rings. The fourth-order valence-corrected chi connectivity index (χ4v) is 2.81.